The third-order valence-corrected chi connectivity index (χ3v) is 3.73. The molecule has 19 heavy (non-hydrogen) atoms. The first-order chi connectivity index (χ1) is 8.86. The summed E-state index contributed by atoms with van der Waals surface area (Å²) in [6.45, 7) is 0.488. The molecule has 7 heteroatoms. The summed E-state index contributed by atoms with van der Waals surface area (Å²) in [5.41, 5.74) is -1.10. The molecule has 0 atom stereocenters. The van der Waals surface area contributed by atoms with Gasteiger partial charge in [0.15, 0.2) is 0 Å². The summed E-state index contributed by atoms with van der Waals surface area (Å²) in [4.78, 5) is 3.72. The highest BCUT2D eigenvalue weighted by Crippen LogP contribution is 2.36. The van der Waals surface area contributed by atoms with Crippen molar-refractivity contribution in [2.75, 3.05) is 19.0 Å². The minimum Gasteiger partial charge on any atom is -0.376 e. The van der Waals surface area contributed by atoms with Crippen LogP contribution in [-0.4, -0.2) is 24.2 Å². The van der Waals surface area contributed by atoms with Gasteiger partial charge in [-0.2, -0.15) is 13.2 Å². The van der Waals surface area contributed by atoms with Crippen molar-refractivity contribution >= 4 is 17.4 Å². The number of rotatable bonds is 4. The first-order valence-electron chi connectivity index (χ1n) is 5.88. The highest BCUT2D eigenvalue weighted by molar-refractivity contribution is 6.32. The fourth-order valence-corrected chi connectivity index (χ4v) is 2.23. The van der Waals surface area contributed by atoms with Crippen molar-refractivity contribution in [3.05, 3.63) is 22.8 Å². The SMILES string of the molecule is COC1(CNc2ncc(C(F)(F)F)cc2Cl)CCC1. The van der Waals surface area contributed by atoms with E-state index in [1.807, 2.05) is 0 Å². The molecule has 1 heterocycles. The molecule has 1 fully saturated rings. The monoisotopic (exact) mass is 294 g/mol. The van der Waals surface area contributed by atoms with Crippen molar-refractivity contribution in [1.82, 2.24) is 4.98 Å². The lowest BCUT2D eigenvalue weighted by atomic mass is 9.80. The number of pyridine rings is 1. The number of halogens is 4. The van der Waals surface area contributed by atoms with Crippen molar-refractivity contribution < 1.29 is 17.9 Å². The van der Waals surface area contributed by atoms with Crippen LogP contribution in [0.15, 0.2) is 12.3 Å². The van der Waals surface area contributed by atoms with Gasteiger partial charge in [-0.05, 0) is 25.3 Å². The van der Waals surface area contributed by atoms with Gasteiger partial charge in [-0.1, -0.05) is 11.6 Å². The quantitative estimate of drug-likeness (QED) is 0.918. The van der Waals surface area contributed by atoms with E-state index in [-0.39, 0.29) is 16.4 Å². The second-order valence-corrected chi connectivity index (χ2v) is 5.05. The van der Waals surface area contributed by atoms with Crippen LogP contribution in [0.3, 0.4) is 0 Å². The summed E-state index contributed by atoms with van der Waals surface area (Å²) in [7, 11) is 1.63. The van der Waals surface area contributed by atoms with E-state index >= 15 is 0 Å². The molecular weight excluding hydrogens is 281 g/mol. The molecule has 1 aliphatic rings. The Morgan fingerprint density at radius 1 is 1.47 bits per heavy atom. The van der Waals surface area contributed by atoms with Gasteiger partial charge in [-0.3, -0.25) is 0 Å². The van der Waals surface area contributed by atoms with Crippen LogP contribution in [-0.2, 0) is 10.9 Å². The molecule has 0 spiro atoms. The number of hydrogen-bond donors (Lipinski definition) is 1. The molecule has 1 N–H and O–H groups in total. The van der Waals surface area contributed by atoms with Gasteiger partial charge < -0.3 is 10.1 Å². The number of anilines is 1. The highest BCUT2D eigenvalue weighted by Gasteiger charge is 2.37. The average Bonchev–Trinajstić information content (AvgIpc) is 2.28. The van der Waals surface area contributed by atoms with Crippen LogP contribution in [0.2, 0.25) is 5.02 Å². The predicted octanol–water partition coefficient (Wildman–Crippen LogP) is 3.73. The fraction of sp³-hybridized carbons (Fsp3) is 0.583. The molecule has 1 saturated carbocycles. The summed E-state index contributed by atoms with van der Waals surface area (Å²) in [6, 6.07) is 0.872. The molecule has 3 nitrogen and oxygen atoms in total. The Bertz CT molecular complexity index is 455. The topological polar surface area (TPSA) is 34.1 Å². The van der Waals surface area contributed by atoms with E-state index in [9.17, 15) is 13.2 Å². The fourth-order valence-electron chi connectivity index (χ4n) is 1.99. The largest absolute Gasteiger partial charge is 0.417 e. The summed E-state index contributed by atoms with van der Waals surface area (Å²) in [6.07, 6.45) is -0.724. The maximum atomic E-state index is 12.5. The third kappa shape index (κ3) is 3.12. The van der Waals surface area contributed by atoms with Crippen molar-refractivity contribution in [3.8, 4) is 0 Å². The van der Waals surface area contributed by atoms with Gasteiger partial charge in [0.1, 0.15) is 5.82 Å². The third-order valence-electron chi connectivity index (χ3n) is 3.44. The summed E-state index contributed by atoms with van der Waals surface area (Å²) < 4.78 is 42.8. The van der Waals surface area contributed by atoms with Gasteiger partial charge in [0, 0.05) is 19.9 Å². The molecule has 1 aromatic heterocycles. The second-order valence-electron chi connectivity index (χ2n) is 4.65. The molecule has 0 unspecified atom stereocenters. The lowest BCUT2D eigenvalue weighted by Crippen LogP contribution is -2.45. The molecule has 0 aromatic carbocycles. The van der Waals surface area contributed by atoms with Crippen LogP contribution in [0.25, 0.3) is 0 Å². The number of methoxy groups -OCH3 is 1. The normalized spacial score (nSPS) is 17.9. The van der Waals surface area contributed by atoms with E-state index in [1.54, 1.807) is 7.11 Å². The Morgan fingerprint density at radius 3 is 2.58 bits per heavy atom. The lowest BCUT2D eigenvalue weighted by Gasteiger charge is -2.40. The van der Waals surface area contributed by atoms with Crippen LogP contribution in [0.1, 0.15) is 24.8 Å². The van der Waals surface area contributed by atoms with Gasteiger partial charge in [0.25, 0.3) is 0 Å². The summed E-state index contributed by atoms with van der Waals surface area (Å²) >= 11 is 5.80. The van der Waals surface area contributed by atoms with Crippen molar-refractivity contribution in [3.63, 3.8) is 0 Å². The molecule has 1 aliphatic carbocycles. The van der Waals surface area contributed by atoms with Crippen LogP contribution in [0.5, 0.6) is 0 Å². The molecule has 106 valence electrons. The van der Waals surface area contributed by atoms with Crippen molar-refractivity contribution in [2.45, 2.75) is 31.0 Å². The van der Waals surface area contributed by atoms with E-state index in [0.717, 1.165) is 31.5 Å². The Hall–Kier alpha value is -1.01. The van der Waals surface area contributed by atoms with Crippen molar-refractivity contribution in [2.24, 2.45) is 0 Å². The Balaban J connectivity index is 2.05. The zero-order valence-corrected chi connectivity index (χ0v) is 11.1. The standard InChI is InChI=1S/C12H14ClF3N2O/c1-19-11(3-2-4-11)7-18-10-9(13)5-8(6-17-10)12(14,15)16/h5-6H,2-4,7H2,1H3,(H,17,18). The number of hydrogen-bond acceptors (Lipinski definition) is 3. The maximum absolute atomic E-state index is 12.5. The van der Waals surface area contributed by atoms with E-state index in [1.165, 1.54) is 0 Å². The Morgan fingerprint density at radius 2 is 2.16 bits per heavy atom. The zero-order valence-electron chi connectivity index (χ0n) is 10.4. The van der Waals surface area contributed by atoms with Gasteiger partial charge >= 0.3 is 6.18 Å². The lowest BCUT2D eigenvalue weighted by molar-refractivity contribution is -0.137. The maximum Gasteiger partial charge on any atom is 0.417 e. The molecule has 0 saturated heterocycles. The van der Waals surface area contributed by atoms with Gasteiger partial charge in [0.05, 0.1) is 16.2 Å². The van der Waals surface area contributed by atoms with E-state index in [2.05, 4.69) is 10.3 Å². The van der Waals surface area contributed by atoms with Crippen molar-refractivity contribution in [1.29, 1.82) is 0 Å². The van der Waals surface area contributed by atoms with Gasteiger partial charge in [0.2, 0.25) is 0 Å². The van der Waals surface area contributed by atoms with Crippen LogP contribution in [0, 0.1) is 0 Å². The van der Waals surface area contributed by atoms with Crippen LogP contribution >= 0.6 is 11.6 Å². The molecule has 0 bridgehead atoms. The molecule has 2 rings (SSSR count). The average molecular weight is 295 g/mol. The zero-order chi connectivity index (χ0) is 14.1. The smallest absolute Gasteiger partial charge is 0.376 e. The number of nitrogens with one attached hydrogen (secondary N) is 1. The molecule has 0 radical (unpaired) electrons. The number of ether oxygens (including phenoxy) is 1. The first kappa shape index (κ1) is 14.4. The van der Waals surface area contributed by atoms with Gasteiger partial charge in [-0.25, -0.2) is 4.98 Å². The Kier molecular flexibility index (Phi) is 3.92. The molecule has 0 aliphatic heterocycles. The van der Waals surface area contributed by atoms with Crippen LogP contribution in [0.4, 0.5) is 19.0 Å². The number of alkyl halides is 3. The highest BCUT2D eigenvalue weighted by atomic mass is 35.5. The Labute approximate surface area is 114 Å². The predicted molar refractivity (Wildman–Crippen MR) is 66.3 cm³/mol. The molecular formula is C12H14ClF3N2O. The van der Waals surface area contributed by atoms with Crippen LogP contribution < -0.4 is 5.32 Å². The summed E-state index contributed by atoms with van der Waals surface area (Å²) in [5.74, 6) is 0.248. The first-order valence-corrected chi connectivity index (χ1v) is 6.26. The number of nitrogens with zero attached hydrogens (tertiary/aromatic N) is 1. The summed E-state index contributed by atoms with van der Waals surface area (Å²) in [5, 5.41) is 2.91. The van der Waals surface area contributed by atoms with E-state index < -0.39 is 11.7 Å². The molecule has 0 amide bonds. The minimum absolute atomic E-state index is 0.0413. The number of aromatic nitrogens is 1. The van der Waals surface area contributed by atoms with E-state index in [0.29, 0.717) is 6.54 Å². The van der Waals surface area contributed by atoms with E-state index in [4.69, 9.17) is 16.3 Å². The second kappa shape index (κ2) is 5.17. The molecule has 1 aromatic rings. The van der Waals surface area contributed by atoms with Gasteiger partial charge in [-0.15, -0.1) is 0 Å². The minimum atomic E-state index is -4.43.